The van der Waals surface area contributed by atoms with E-state index in [9.17, 15) is 9.59 Å². The molecule has 30 heavy (non-hydrogen) atoms. The first-order chi connectivity index (χ1) is 14.7. The maximum atomic E-state index is 13.0. The number of pyridine rings is 1. The molecule has 3 heterocycles. The Hall–Kier alpha value is -3.25. The van der Waals surface area contributed by atoms with Crippen LogP contribution in [0.2, 0.25) is 0 Å². The molecule has 0 saturated carbocycles. The van der Waals surface area contributed by atoms with Crippen molar-refractivity contribution < 1.29 is 9.59 Å². The maximum Gasteiger partial charge on any atom is 0.246 e. The third kappa shape index (κ3) is 3.55. The van der Waals surface area contributed by atoms with Crippen molar-refractivity contribution in [2.75, 3.05) is 6.54 Å². The van der Waals surface area contributed by atoms with E-state index in [0.717, 1.165) is 16.5 Å². The monoisotopic (exact) mass is 400 g/mol. The van der Waals surface area contributed by atoms with Crippen LogP contribution in [-0.2, 0) is 22.6 Å². The van der Waals surface area contributed by atoms with Gasteiger partial charge < -0.3 is 15.5 Å². The summed E-state index contributed by atoms with van der Waals surface area (Å²) in [5.41, 5.74) is 3.19. The summed E-state index contributed by atoms with van der Waals surface area (Å²) in [4.78, 5) is 31.9. The molecule has 2 aliphatic rings. The molecule has 3 atom stereocenters. The number of rotatable bonds is 5. The van der Waals surface area contributed by atoms with Crippen LogP contribution in [0.1, 0.15) is 17.5 Å². The van der Waals surface area contributed by atoms with Crippen LogP contribution >= 0.6 is 0 Å². The number of nitrogens with one attached hydrogen (secondary N) is 2. The second-order valence-electron chi connectivity index (χ2n) is 8.06. The number of amides is 2. The number of nitrogens with zero attached hydrogens (tertiary/aromatic N) is 2. The fraction of sp³-hybridized carbons (Fsp3) is 0.292. The Kier molecular flexibility index (Phi) is 4.93. The van der Waals surface area contributed by atoms with E-state index in [0.29, 0.717) is 25.9 Å². The first-order valence-corrected chi connectivity index (χ1v) is 10.4. The van der Waals surface area contributed by atoms with Crippen molar-refractivity contribution in [2.45, 2.75) is 37.5 Å². The predicted molar refractivity (Wildman–Crippen MR) is 115 cm³/mol. The van der Waals surface area contributed by atoms with Crippen LogP contribution in [0.3, 0.4) is 0 Å². The number of benzene rings is 2. The predicted octanol–water partition coefficient (Wildman–Crippen LogP) is 2.03. The van der Waals surface area contributed by atoms with Crippen LogP contribution in [0.5, 0.6) is 0 Å². The van der Waals surface area contributed by atoms with Crippen molar-refractivity contribution in [3.05, 3.63) is 78.0 Å². The molecule has 1 aromatic heterocycles. The van der Waals surface area contributed by atoms with E-state index >= 15 is 0 Å². The zero-order valence-corrected chi connectivity index (χ0v) is 16.6. The van der Waals surface area contributed by atoms with Crippen LogP contribution in [0.25, 0.3) is 10.9 Å². The molecule has 152 valence electrons. The molecule has 2 fully saturated rings. The number of aromatic nitrogens is 1. The van der Waals surface area contributed by atoms with Crippen LogP contribution in [0.15, 0.2) is 66.9 Å². The lowest BCUT2D eigenvalue weighted by atomic mass is 10.0. The molecule has 0 bridgehead atoms. The summed E-state index contributed by atoms with van der Waals surface area (Å²) < 4.78 is 0. The molecule has 2 saturated heterocycles. The third-order valence-electron chi connectivity index (χ3n) is 6.10. The second-order valence-corrected chi connectivity index (χ2v) is 8.06. The molecule has 2 aliphatic heterocycles. The zero-order chi connectivity index (χ0) is 20.5. The molecule has 0 radical (unpaired) electrons. The summed E-state index contributed by atoms with van der Waals surface area (Å²) in [6, 6.07) is 19.2. The van der Waals surface area contributed by atoms with E-state index in [-0.39, 0.29) is 23.9 Å². The molecule has 6 heteroatoms. The lowest BCUT2D eigenvalue weighted by molar-refractivity contribution is -0.147. The number of hydrogen-bond acceptors (Lipinski definition) is 4. The van der Waals surface area contributed by atoms with Gasteiger partial charge in [0.15, 0.2) is 0 Å². The van der Waals surface area contributed by atoms with Gasteiger partial charge in [-0.05, 0) is 29.7 Å². The minimum Gasteiger partial charge on any atom is -0.342 e. The highest BCUT2D eigenvalue weighted by atomic mass is 16.2. The van der Waals surface area contributed by atoms with Crippen LogP contribution in [-0.4, -0.2) is 46.4 Å². The van der Waals surface area contributed by atoms with E-state index in [1.807, 2.05) is 48.5 Å². The average Bonchev–Trinajstić information content (AvgIpc) is 3.22. The van der Waals surface area contributed by atoms with Gasteiger partial charge in [-0.2, -0.15) is 0 Å². The Bertz CT molecular complexity index is 1080. The van der Waals surface area contributed by atoms with Gasteiger partial charge in [-0.3, -0.25) is 14.6 Å². The summed E-state index contributed by atoms with van der Waals surface area (Å²) in [6.45, 7) is 1.24. The minimum atomic E-state index is -0.487. The third-order valence-corrected chi connectivity index (χ3v) is 6.10. The first kappa shape index (κ1) is 18.8. The largest absolute Gasteiger partial charge is 0.342 e. The fourth-order valence-corrected chi connectivity index (χ4v) is 4.57. The van der Waals surface area contributed by atoms with Crippen molar-refractivity contribution in [3.63, 3.8) is 0 Å². The Balaban J connectivity index is 1.26. The molecule has 5 rings (SSSR count). The molecule has 0 unspecified atom stereocenters. The van der Waals surface area contributed by atoms with Crippen molar-refractivity contribution in [1.29, 1.82) is 0 Å². The highest BCUT2D eigenvalue weighted by Crippen LogP contribution is 2.25. The Labute approximate surface area is 175 Å². The molecule has 2 aromatic carbocycles. The summed E-state index contributed by atoms with van der Waals surface area (Å²) in [5, 5.41) is 7.61. The van der Waals surface area contributed by atoms with E-state index < -0.39 is 6.04 Å². The summed E-state index contributed by atoms with van der Waals surface area (Å²) in [7, 11) is 0. The first-order valence-electron chi connectivity index (χ1n) is 10.4. The van der Waals surface area contributed by atoms with Crippen molar-refractivity contribution >= 4 is 22.7 Å². The number of carbonyl (C=O) groups is 2. The molecule has 2 amide bonds. The van der Waals surface area contributed by atoms with Gasteiger partial charge in [-0.1, -0.05) is 48.5 Å². The number of hydrogen-bond donors (Lipinski definition) is 2. The van der Waals surface area contributed by atoms with Gasteiger partial charge in [0, 0.05) is 37.1 Å². The van der Waals surface area contributed by atoms with Gasteiger partial charge in [0.25, 0.3) is 0 Å². The zero-order valence-electron chi connectivity index (χ0n) is 16.6. The van der Waals surface area contributed by atoms with Crippen LogP contribution in [0.4, 0.5) is 0 Å². The van der Waals surface area contributed by atoms with Gasteiger partial charge in [0.05, 0.1) is 5.52 Å². The van der Waals surface area contributed by atoms with Gasteiger partial charge >= 0.3 is 0 Å². The fourth-order valence-electron chi connectivity index (χ4n) is 4.57. The Morgan fingerprint density at radius 3 is 2.77 bits per heavy atom. The molecular formula is C24H24N4O2. The maximum absolute atomic E-state index is 13.0. The highest BCUT2D eigenvalue weighted by molar-refractivity contribution is 5.97. The molecular weight excluding hydrogens is 376 g/mol. The van der Waals surface area contributed by atoms with Gasteiger partial charge in [0.1, 0.15) is 12.1 Å². The lowest BCUT2D eigenvalue weighted by Crippen LogP contribution is -2.61. The number of piperazine rings is 1. The highest BCUT2D eigenvalue weighted by Gasteiger charge is 2.46. The molecule has 0 spiro atoms. The minimum absolute atomic E-state index is 0.0158. The number of carbonyl (C=O) groups excluding carboxylic acids is 2. The van der Waals surface area contributed by atoms with Gasteiger partial charge in [-0.25, -0.2) is 0 Å². The summed E-state index contributed by atoms with van der Waals surface area (Å²) in [5.74, 6) is -0.0312. The molecule has 0 aliphatic carbocycles. The Morgan fingerprint density at radius 2 is 1.90 bits per heavy atom. The van der Waals surface area contributed by atoms with Crippen LogP contribution < -0.4 is 10.6 Å². The lowest BCUT2D eigenvalue weighted by Gasteiger charge is -2.34. The van der Waals surface area contributed by atoms with Gasteiger partial charge in [-0.15, -0.1) is 0 Å². The topological polar surface area (TPSA) is 74.3 Å². The van der Waals surface area contributed by atoms with Crippen molar-refractivity contribution in [2.24, 2.45) is 0 Å². The quantitative estimate of drug-likeness (QED) is 0.687. The average molecular weight is 400 g/mol. The summed E-state index contributed by atoms with van der Waals surface area (Å²) in [6.07, 6.45) is 2.96. The van der Waals surface area contributed by atoms with Crippen LogP contribution in [0, 0.1) is 0 Å². The van der Waals surface area contributed by atoms with E-state index in [1.165, 1.54) is 5.56 Å². The number of fused-ring (bicyclic) bond motifs is 2. The van der Waals surface area contributed by atoms with E-state index in [4.69, 9.17) is 0 Å². The molecule has 6 nitrogen and oxygen atoms in total. The smallest absolute Gasteiger partial charge is 0.246 e. The molecule has 3 aromatic rings. The second kappa shape index (κ2) is 7.88. The van der Waals surface area contributed by atoms with Gasteiger partial charge in [0.2, 0.25) is 11.8 Å². The normalized spacial score (nSPS) is 23.5. The Morgan fingerprint density at radius 1 is 1.03 bits per heavy atom. The van der Waals surface area contributed by atoms with Crippen molar-refractivity contribution in [3.8, 4) is 0 Å². The molecule has 2 N–H and O–H groups in total. The summed E-state index contributed by atoms with van der Waals surface area (Å²) >= 11 is 0. The standard InChI is InChI=1S/C24H24N4O2/c29-23-22-13-18(26-14-17-8-4-10-20-19(17)9-5-11-25-20)15-28(22)24(30)21(27-23)12-16-6-2-1-3-7-16/h1-11,18,21-22,26H,12-15H2,(H,27,29)/t18-,21-,22-/m0/s1. The van der Waals surface area contributed by atoms with Crippen molar-refractivity contribution in [1.82, 2.24) is 20.5 Å². The van der Waals surface area contributed by atoms with E-state index in [2.05, 4.69) is 27.8 Å². The SMILES string of the molecule is O=C1N[C@@H](Cc2ccccc2)C(=O)N2C[C@@H](NCc3cccc4ncccc34)C[C@@H]12. The van der Waals surface area contributed by atoms with E-state index in [1.54, 1.807) is 11.1 Å².